The van der Waals surface area contributed by atoms with E-state index in [9.17, 15) is 22.0 Å². The van der Waals surface area contributed by atoms with Gasteiger partial charge in [-0.2, -0.15) is 0 Å². The van der Waals surface area contributed by atoms with Crippen LogP contribution in [-0.4, -0.2) is 19.3 Å². The fraction of sp³-hybridized carbons (Fsp3) is 0.231. The molecule has 1 N–H and O–H groups in total. The summed E-state index contributed by atoms with van der Waals surface area (Å²) in [5.41, 5.74) is 0. The van der Waals surface area contributed by atoms with Crippen molar-refractivity contribution in [2.24, 2.45) is 0 Å². The summed E-state index contributed by atoms with van der Waals surface area (Å²) in [5.74, 6) is -2.70. The minimum Gasteiger partial charge on any atom is -0.267 e. The maximum absolute atomic E-state index is 13.5. The summed E-state index contributed by atoms with van der Waals surface area (Å²) in [7, 11) is -4.41. The fourth-order valence-corrected chi connectivity index (χ4v) is 3.91. The zero-order chi connectivity index (χ0) is 15.9. The maximum atomic E-state index is 13.5. The molecule has 1 fully saturated rings. The van der Waals surface area contributed by atoms with E-state index in [2.05, 4.69) is 4.98 Å². The number of hydrogen-bond donors (Lipinski definition) is 1. The van der Waals surface area contributed by atoms with Gasteiger partial charge in [-0.25, -0.2) is 26.9 Å². The van der Waals surface area contributed by atoms with Crippen LogP contribution >= 0.6 is 11.3 Å². The molecule has 1 heterocycles. The molecule has 3 rings (SSSR count). The first-order chi connectivity index (χ1) is 10.4. The van der Waals surface area contributed by atoms with E-state index < -0.39 is 32.5 Å². The summed E-state index contributed by atoms with van der Waals surface area (Å²) >= 11 is 1.11. The monoisotopic (exact) mass is 344 g/mol. The Morgan fingerprint density at radius 2 is 2.05 bits per heavy atom. The van der Waals surface area contributed by atoms with Gasteiger partial charge < -0.3 is 0 Å². The number of rotatable bonds is 4. The molecule has 1 aliphatic rings. The molecule has 0 aliphatic heterocycles. The molecule has 1 saturated carbocycles. The first-order valence-electron chi connectivity index (χ1n) is 6.35. The summed E-state index contributed by atoms with van der Waals surface area (Å²) in [6.45, 7) is 0. The van der Waals surface area contributed by atoms with Crippen LogP contribution in [0, 0.1) is 11.6 Å². The van der Waals surface area contributed by atoms with E-state index in [1.807, 2.05) is 0 Å². The average molecular weight is 344 g/mol. The van der Waals surface area contributed by atoms with E-state index in [4.69, 9.17) is 0 Å². The number of benzene rings is 1. The van der Waals surface area contributed by atoms with Crippen LogP contribution in [0.1, 0.15) is 33.4 Å². The Hall–Kier alpha value is -1.87. The van der Waals surface area contributed by atoms with Crippen molar-refractivity contribution in [3.8, 4) is 0 Å². The molecule has 0 atom stereocenters. The van der Waals surface area contributed by atoms with E-state index in [-0.39, 0.29) is 4.88 Å². The summed E-state index contributed by atoms with van der Waals surface area (Å²) < 4.78 is 52.1. The number of nitrogens with zero attached hydrogens (tertiary/aromatic N) is 1. The Balaban J connectivity index is 1.81. The lowest BCUT2D eigenvalue weighted by atomic mass is 10.3. The third-order valence-corrected chi connectivity index (χ3v) is 5.61. The van der Waals surface area contributed by atoms with Crippen LogP contribution in [0.25, 0.3) is 0 Å². The van der Waals surface area contributed by atoms with Gasteiger partial charge in [0.25, 0.3) is 15.9 Å². The number of nitrogens with one attached hydrogen (secondary N) is 1. The quantitative estimate of drug-likeness (QED) is 0.924. The molecule has 22 heavy (non-hydrogen) atoms. The highest BCUT2D eigenvalue weighted by Crippen LogP contribution is 2.41. The van der Waals surface area contributed by atoms with Gasteiger partial charge in [-0.05, 0) is 25.0 Å². The molecule has 1 amide bonds. The summed E-state index contributed by atoms with van der Waals surface area (Å²) in [5, 5.41) is 0.788. The second kappa shape index (κ2) is 5.40. The second-order valence-corrected chi connectivity index (χ2v) is 7.56. The lowest BCUT2D eigenvalue weighted by Gasteiger charge is -2.06. The SMILES string of the molecule is O=C(NS(=O)(=O)c1ccc(F)cc1F)c1cnc(C2CC2)s1. The van der Waals surface area contributed by atoms with Gasteiger partial charge in [-0.3, -0.25) is 4.79 Å². The molecule has 0 saturated heterocycles. The van der Waals surface area contributed by atoms with E-state index in [0.717, 1.165) is 41.3 Å². The minimum atomic E-state index is -4.41. The number of halogens is 2. The van der Waals surface area contributed by atoms with E-state index in [1.54, 1.807) is 4.72 Å². The Morgan fingerprint density at radius 3 is 2.68 bits per heavy atom. The second-order valence-electron chi connectivity index (χ2n) is 4.85. The molecule has 5 nitrogen and oxygen atoms in total. The van der Waals surface area contributed by atoms with Gasteiger partial charge in [0.05, 0.1) is 11.2 Å². The number of hydrogen-bond acceptors (Lipinski definition) is 5. The van der Waals surface area contributed by atoms with Gasteiger partial charge in [0.2, 0.25) is 0 Å². The molecule has 0 spiro atoms. The molecule has 0 radical (unpaired) electrons. The van der Waals surface area contributed by atoms with Crippen molar-refractivity contribution in [1.82, 2.24) is 9.71 Å². The largest absolute Gasteiger partial charge is 0.276 e. The molecular formula is C13H10F2N2O3S2. The van der Waals surface area contributed by atoms with Gasteiger partial charge in [-0.15, -0.1) is 11.3 Å². The lowest BCUT2D eigenvalue weighted by molar-refractivity contribution is 0.0985. The van der Waals surface area contributed by atoms with Crippen molar-refractivity contribution in [3.05, 3.63) is 45.9 Å². The van der Waals surface area contributed by atoms with Gasteiger partial charge in [0.15, 0.2) is 0 Å². The number of thiazole rings is 1. The number of carbonyl (C=O) groups excluding carboxylic acids is 1. The standard InChI is InChI=1S/C13H10F2N2O3S2/c14-8-3-4-11(9(15)5-8)22(19,20)17-12(18)10-6-16-13(21-10)7-1-2-7/h3-7H,1-2H2,(H,17,18). The topological polar surface area (TPSA) is 76.1 Å². The zero-order valence-corrected chi connectivity index (χ0v) is 12.7. The van der Waals surface area contributed by atoms with Crippen LogP contribution < -0.4 is 4.72 Å². The Bertz CT molecular complexity index is 845. The van der Waals surface area contributed by atoms with Gasteiger partial charge in [0.1, 0.15) is 21.4 Å². The predicted molar refractivity (Wildman–Crippen MR) is 75.1 cm³/mol. The van der Waals surface area contributed by atoms with Crippen molar-refractivity contribution < 1.29 is 22.0 Å². The van der Waals surface area contributed by atoms with E-state index in [1.165, 1.54) is 6.20 Å². The molecule has 2 aromatic rings. The molecule has 1 aliphatic carbocycles. The highest BCUT2D eigenvalue weighted by atomic mass is 32.2. The minimum absolute atomic E-state index is 0.132. The number of amides is 1. The molecular weight excluding hydrogens is 334 g/mol. The van der Waals surface area contributed by atoms with E-state index >= 15 is 0 Å². The van der Waals surface area contributed by atoms with Gasteiger partial charge in [0, 0.05) is 12.0 Å². The van der Waals surface area contributed by atoms with Crippen LogP contribution in [0.5, 0.6) is 0 Å². The highest BCUT2D eigenvalue weighted by molar-refractivity contribution is 7.90. The third-order valence-electron chi connectivity index (χ3n) is 3.08. The summed E-state index contributed by atoms with van der Waals surface area (Å²) in [4.78, 5) is 15.4. The number of aromatic nitrogens is 1. The first kappa shape index (κ1) is 15.0. The van der Waals surface area contributed by atoms with Crippen molar-refractivity contribution in [1.29, 1.82) is 0 Å². The maximum Gasteiger partial charge on any atom is 0.276 e. The molecule has 9 heteroatoms. The Kier molecular flexibility index (Phi) is 3.69. The lowest BCUT2D eigenvalue weighted by Crippen LogP contribution is -2.30. The predicted octanol–water partition coefficient (Wildman–Crippen LogP) is 2.42. The molecule has 116 valence electrons. The molecule has 0 unspecified atom stereocenters. The molecule has 0 bridgehead atoms. The zero-order valence-electron chi connectivity index (χ0n) is 11.0. The number of carbonyl (C=O) groups is 1. The van der Waals surface area contributed by atoms with E-state index in [0.29, 0.717) is 12.0 Å². The van der Waals surface area contributed by atoms with Crippen molar-refractivity contribution >= 4 is 27.3 Å². The van der Waals surface area contributed by atoms with Crippen LogP contribution in [0.15, 0.2) is 29.3 Å². The molecule has 1 aromatic heterocycles. The van der Waals surface area contributed by atoms with Crippen LogP contribution in [0.3, 0.4) is 0 Å². The Labute approximate surface area is 129 Å². The van der Waals surface area contributed by atoms with Crippen molar-refractivity contribution in [3.63, 3.8) is 0 Å². The fourth-order valence-electron chi connectivity index (χ4n) is 1.83. The van der Waals surface area contributed by atoms with Crippen LogP contribution in [0.4, 0.5) is 8.78 Å². The van der Waals surface area contributed by atoms with Crippen LogP contribution in [-0.2, 0) is 10.0 Å². The highest BCUT2D eigenvalue weighted by Gasteiger charge is 2.29. The third kappa shape index (κ3) is 3.00. The first-order valence-corrected chi connectivity index (χ1v) is 8.65. The van der Waals surface area contributed by atoms with Crippen LogP contribution in [0.2, 0.25) is 0 Å². The van der Waals surface area contributed by atoms with Crippen molar-refractivity contribution in [2.75, 3.05) is 0 Å². The smallest absolute Gasteiger partial charge is 0.267 e. The van der Waals surface area contributed by atoms with Gasteiger partial charge in [-0.1, -0.05) is 0 Å². The van der Waals surface area contributed by atoms with Gasteiger partial charge >= 0.3 is 0 Å². The number of sulfonamides is 1. The normalized spacial score (nSPS) is 14.8. The summed E-state index contributed by atoms with van der Waals surface area (Å²) in [6, 6.07) is 2.01. The Morgan fingerprint density at radius 1 is 1.32 bits per heavy atom. The van der Waals surface area contributed by atoms with Crippen molar-refractivity contribution in [2.45, 2.75) is 23.7 Å². The molecule has 1 aromatic carbocycles. The average Bonchev–Trinajstić information content (AvgIpc) is 3.15. The summed E-state index contributed by atoms with van der Waals surface area (Å²) in [6.07, 6.45) is 3.31.